The second kappa shape index (κ2) is 11.7. The van der Waals surface area contributed by atoms with E-state index in [1.165, 1.54) is 37.5 Å². The molecule has 0 bridgehead atoms. The molecule has 0 radical (unpaired) electrons. The van der Waals surface area contributed by atoms with E-state index in [2.05, 4.69) is 50.9 Å². The molecule has 0 spiro atoms. The summed E-state index contributed by atoms with van der Waals surface area (Å²) < 4.78 is 0. The van der Waals surface area contributed by atoms with Crippen molar-refractivity contribution in [2.45, 2.75) is 43.8 Å². The molecule has 1 aliphatic heterocycles. The molecule has 2 aromatic carbocycles. The van der Waals surface area contributed by atoms with Crippen LogP contribution in [-0.2, 0) is 11.4 Å². The molecule has 2 atom stereocenters. The smallest absolute Gasteiger partial charge is 0.274 e. The van der Waals surface area contributed by atoms with Crippen molar-refractivity contribution >= 4 is 30.7 Å². The van der Waals surface area contributed by atoms with Crippen molar-refractivity contribution in [1.29, 1.82) is 0 Å². The standard InChI is InChI=1S/C23H29N3O2.2ClH/c1-28-25-23(27)19-9-7-17(8-10-19)16-26-13-11-20(12-14-26)24-22-15-21(22)18-5-3-2-4-6-18;;/h2-10,20-22,24H,11-16H2,1H3,(H,25,27);2*1H/t21-,22+;;/m0../s1. The minimum Gasteiger partial charge on any atom is -0.311 e. The number of halogens is 2. The van der Waals surface area contributed by atoms with Crippen molar-refractivity contribution in [3.63, 3.8) is 0 Å². The number of hydroxylamine groups is 1. The van der Waals surface area contributed by atoms with Crippen molar-refractivity contribution in [3.05, 3.63) is 71.3 Å². The van der Waals surface area contributed by atoms with Crippen molar-refractivity contribution in [2.75, 3.05) is 20.2 Å². The third-order valence-electron chi connectivity index (χ3n) is 5.87. The number of hydrogen-bond donors (Lipinski definition) is 2. The average Bonchev–Trinajstić information content (AvgIpc) is 3.50. The van der Waals surface area contributed by atoms with E-state index in [0.29, 0.717) is 23.6 Å². The lowest BCUT2D eigenvalue weighted by Crippen LogP contribution is -2.43. The zero-order chi connectivity index (χ0) is 19.3. The molecule has 2 fully saturated rings. The fourth-order valence-electron chi connectivity index (χ4n) is 4.18. The van der Waals surface area contributed by atoms with Gasteiger partial charge in [0.2, 0.25) is 0 Å². The van der Waals surface area contributed by atoms with Crippen LogP contribution in [0.5, 0.6) is 0 Å². The van der Waals surface area contributed by atoms with Crippen LogP contribution in [0, 0.1) is 0 Å². The van der Waals surface area contributed by atoms with Gasteiger partial charge in [-0.2, -0.15) is 0 Å². The molecule has 1 heterocycles. The lowest BCUT2D eigenvalue weighted by atomic mass is 10.0. The molecular weight excluding hydrogens is 421 g/mol. The Morgan fingerprint density at radius 3 is 2.33 bits per heavy atom. The Morgan fingerprint density at radius 1 is 1.03 bits per heavy atom. The molecule has 2 aromatic rings. The topological polar surface area (TPSA) is 53.6 Å². The number of likely N-dealkylation sites (tertiary alicyclic amines) is 1. The number of carbonyl (C=O) groups is 1. The summed E-state index contributed by atoms with van der Waals surface area (Å²) in [6.45, 7) is 3.17. The lowest BCUT2D eigenvalue weighted by Gasteiger charge is -2.32. The summed E-state index contributed by atoms with van der Waals surface area (Å²) in [7, 11) is 1.44. The van der Waals surface area contributed by atoms with Crippen LogP contribution in [0.2, 0.25) is 0 Å². The largest absolute Gasteiger partial charge is 0.311 e. The quantitative estimate of drug-likeness (QED) is 0.626. The van der Waals surface area contributed by atoms with Gasteiger partial charge in [0.1, 0.15) is 0 Å². The first-order chi connectivity index (χ1) is 13.7. The summed E-state index contributed by atoms with van der Waals surface area (Å²) in [5, 5.41) is 3.87. The summed E-state index contributed by atoms with van der Waals surface area (Å²) in [5.74, 6) is 0.489. The third kappa shape index (κ3) is 6.43. The molecule has 2 aliphatic rings. The number of carbonyl (C=O) groups excluding carboxylic acids is 1. The second-order valence-corrected chi connectivity index (χ2v) is 7.91. The molecule has 0 unspecified atom stereocenters. The van der Waals surface area contributed by atoms with Gasteiger partial charge in [0.25, 0.3) is 5.91 Å². The van der Waals surface area contributed by atoms with Gasteiger partial charge in [0.05, 0.1) is 7.11 Å². The summed E-state index contributed by atoms with van der Waals surface area (Å²) >= 11 is 0. The number of amides is 1. The second-order valence-electron chi connectivity index (χ2n) is 7.91. The predicted octanol–water partition coefficient (Wildman–Crippen LogP) is 3.93. The molecule has 0 aromatic heterocycles. The van der Waals surface area contributed by atoms with Crippen LogP contribution in [0.1, 0.15) is 46.7 Å². The van der Waals surface area contributed by atoms with Crippen LogP contribution in [0.15, 0.2) is 54.6 Å². The zero-order valence-electron chi connectivity index (χ0n) is 17.3. The number of nitrogens with zero attached hydrogens (tertiary/aromatic N) is 1. The van der Waals surface area contributed by atoms with Gasteiger partial charge in [0.15, 0.2) is 0 Å². The van der Waals surface area contributed by atoms with Crippen molar-refractivity contribution in [1.82, 2.24) is 15.7 Å². The molecule has 5 nitrogen and oxygen atoms in total. The fraction of sp³-hybridized carbons (Fsp3) is 0.435. The minimum absolute atomic E-state index is 0. The van der Waals surface area contributed by atoms with Gasteiger partial charge in [-0.25, -0.2) is 5.48 Å². The number of piperidine rings is 1. The van der Waals surface area contributed by atoms with Crippen LogP contribution in [0.4, 0.5) is 0 Å². The lowest BCUT2D eigenvalue weighted by molar-refractivity contribution is 0.0537. The van der Waals surface area contributed by atoms with E-state index in [1.807, 2.05) is 24.3 Å². The van der Waals surface area contributed by atoms with E-state index in [1.54, 1.807) is 0 Å². The number of hydrogen-bond acceptors (Lipinski definition) is 4. The first-order valence-corrected chi connectivity index (χ1v) is 10.2. The molecule has 4 rings (SSSR count). The Kier molecular flexibility index (Phi) is 9.59. The van der Waals surface area contributed by atoms with E-state index in [-0.39, 0.29) is 30.7 Å². The minimum atomic E-state index is -0.213. The molecule has 7 heteroatoms. The highest BCUT2D eigenvalue weighted by molar-refractivity contribution is 5.93. The van der Waals surface area contributed by atoms with E-state index < -0.39 is 0 Å². The maximum Gasteiger partial charge on any atom is 0.274 e. The summed E-state index contributed by atoms with van der Waals surface area (Å²) in [4.78, 5) is 18.9. The monoisotopic (exact) mass is 451 g/mol. The van der Waals surface area contributed by atoms with Crippen molar-refractivity contribution < 1.29 is 9.63 Å². The number of rotatable bonds is 7. The first-order valence-electron chi connectivity index (χ1n) is 10.2. The normalized spacial score (nSPS) is 21.2. The summed E-state index contributed by atoms with van der Waals surface area (Å²) in [6, 6.07) is 19.9. The maximum atomic E-state index is 11.7. The predicted molar refractivity (Wildman–Crippen MR) is 124 cm³/mol. The molecular formula is C23H31Cl2N3O2. The van der Waals surface area contributed by atoms with Crippen LogP contribution < -0.4 is 10.8 Å². The highest BCUT2D eigenvalue weighted by Gasteiger charge is 2.39. The Balaban J connectivity index is 0.00000160. The van der Waals surface area contributed by atoms with Crippen LogP contribution in [-0.4, -0.2) is 43.1 Å². The molecule has 2 N–H and O–H groups in total. The highest BCUT2D eigenvalue weighted by atomic mass is 35.5. The highest BCUT2D eigenvalue weighted by Crippen LogP contribution is 2.41. The maximum absolute atomic E-state index is 11.7. The molecule has 1 amide bonds. The van der Waals surface area contributed by atoms with Gasteiger partial charge < -0.3 is 5.32 Å². The number of nitrogens with one attached hydrogen (secondary N) is 2. The Morgan fingerprint density at radius 2 is 1.70 bits per heavy atom. The molecule has 1 aliphatic carbocycles. The Bertz CT molecular complexity index is 781. The molecule has 1 saturated heterocycles. The summed E-state index contributed by atoms with van der Waals surface area (Å²) in [6.07, 6.45) is 3.67. The summed E-state index contributed by atoms with van der Waals surface area (Å²) in [5.41, 5.74) is 5.68. The van der Waals surface area contributed by atoms with Gasteiger partial charge in [-0.05, 0) is 55.6 Å². The van der Waals surface area contributed by atoms with Gasteiger partial charge in [0, 0.05) is 30.1 Å². The fourth-order valence-corrected chi connectivity index (χ4v) is 4.18. The SMILES string of the molecule is CONC(=O)c1ccc(CN2CCC(N[C@@H]3C[C@H]3c3ccccc3)CC2)cc1.Cl.Cl. The zero-order valence-corrected chi connectivity index (χ0v) is 18.9. The number of benzene rings is 2. The molecule has 30 heavy (non-hydrogen) atoms. The van der Waals surface area contributed by atoms with Crippen LogP contribution in [0.25, 0.3) is 0 Å². The van der Waals surface area contributed by atoms with Gasteiger partial charge in [-0.1, -0.05) is 42.5 Å². The van der Waals surface area contributed by atoms with Crippen LogP contribution >= 0.6 is 24.8 Å². The molecule has 1 saturated carbocycles. The van der Waals surface area contributed by atoms with Crippen LogP contribution in [0.3, 0.4) is 0 Å². The van der Waals surface area contributed by atoms with E-state index in [4.69, 9.17) is 0 Å². The van der Waals surface area contributed by atoms with Gasteiger partial charge in [-0.3, -0.25) is 14.5 Å². The Labute approximate surface area is 191 Å². The van der Waals surface area contributed by atoms with Gasteiger partial charge >= 0.3 is 0 Å². The van der Waals surface area contributed by atoms with E-state index >= 15 is 0 Å². The van der Waals surface area contributed by atoms with E-state index in [9.17, 15) is 4.79 Å². The average molecular weight is 452 g/mol. The molecule has 164 valence electrons. The van der Waals surface area contributed by atoms with Crippen molar-refractivity contribution in [2.24, 2.45) is 0 Å². The Hall–Kier alpha value is -1.63. The first kappa shape index (κ1) is 24.6. The van der Waals surface area contributed by atoms with Gasteiger partial charge in [-0.15, -0.1) is 24.8 Å². The van der Waals surface area contributed by atoms with Crippen molar-refractivity contribution in [3.8, 4) is 0 Å². The third-order valence-corrected chi connectivity index (χ3v) is 5.87. The van der Waals surface area contributed by atoms with E-state index in [0.717, 1.165) is 19.6 Å².